The number of halogens is 3. The van der Waals surface area contributed by atoms with E-state index in [4.69, 9.17) is 5.26 Å². The van der Waals surface area contributed by atoms with Crippen molar-refractivity contribution in [1.82, 2.24) is 9.97 Å². The fraction of sp³-hybridized carbons (Fsp3) is 0.0833. The molecule has 0 atom stereocenters. The summed E-state index contributed by atoms with van der Waals surface area (Å²) in [6, 6.07) is 4.62. The van der Waals surface area contributed by atoms with Crippen LogP contribution < -0.4 is 5.56 Å². The topological polar surface area (TPSA) is 69.5 Å². The van der Waals surface area contributed by atoms with E-state index in [-0.39, 0.29) is 16.8 Å². The normalized spacial score (nSPS) is 10.3. The summed E-state index contributed by atoms with van der Waals surface area (Å²) in [5.41, 5.74) is -0.571. The third-order valence-electron chi connectivity index (χ3n) is 2.47. The molecule has 0 aliphatic rings. The maximum Gasteiger partial charge on any atom is 0.270 e. The fourth-order valence-corrected chi connectivity index (χ4v) is 2.71. The maximum atomic E-state index is 14.1. The summed E-state index contributed by atoms with van der Waals surface area (Å²) < 4.78 is 15.5. The molecule has 2 rings (SSSR count). The lowest BCUT2D eigenvalue weighted by Crippen LogP contribution is -2.15. The number of hydrogen-bond acceptors (Lipinski definition) is 4. The Morgan fingerprint density at radius 2 is 2.25 bits per heavy atom. The van der Waals surface area contributed by atoms with Gasteiger partial charge in [0.1, 0.15) is 17.4 Å². The zero-order valence-corrected chi connectivity index (χ0v) is 14.6. The van der Waals surface area contributed by atoms with Crippen LogP contribution in [0, 0.1) is 20.7 Å². The molecule has 1 aromatic heterocycles. The molecule has 0 amide bonds. The molecule has 0 bridgehead atoms. The zero-order chi connectivity index (χ0) is 14.9. The van der Waals surface area contributed by atoms with Crippen LogP contribution in [-0.2, 0) is 0 Å². The van der Waals surface area contributed by atoms with E-state index in [1.807, 2.05) is 22.6 Å². The average Bonchev–Trinajstić information content (AvgIpc) is 2.42. The van der Waals surface area contributed by atoms with Crippen LogP contribution in [0.15, 0.2) is 26.6 Å². The summed E-state index contributed by atoms with van der Waals surface area (Å²) in [5, 5.41) is 9.42. The number of nitrogens with one attached hydrogen (secondary N) is 1. The Kier molecular flexibility index (Phi) is 4.82. The van der Waals surface area contributed by atoms with Gasteiger partial charge in [-0.05, 0) is 56.9 Å². The minimum atomic E-state index is -0.570. The van der Waals surface area contributed by atoms with Gasteiger partial charge in [-0.1, -0.05) is 11.8 Å². The third-order valence-corrected chi connectivity index (χ3v) is 5.34. The lowest BCUT2D eigenvalue weighted by atomic mass is 10.1. The molecule has 102 valence electrons. The largest absolute Gasteiger partial charge is 0.300 e. The van der Waals surface area contributed by atoms with Gasteiger partial charge in [0, 0.05) is 13.6 Å². The molecule has 0 aliphatic heterocycles. The molecule has 0 saturated heterocycles. The van der Waals surface area contributed by atoms with Crippen molar-refractivity contribution in [2.75, 3.05) is 6.26 Å². The number of hydrogen-bond donors (Lipinski definition) is 1. The van der Waals surface area contributed by atoms with Crippen molar-refractivity contribution in [1.29, 1.82) is 5.26 Å². The first-order valence-corrected chi connectivity index (χ1v) is 8.31. The number of nitriles is 1. The highest BCUT2D eigenvalue weighted by Crippen LogP contribution is 2.30. The van der Waals surface area contributed by atoms with Crippen molar-refractivity contribution < 1.29 is 4.39 Å². The number of aromatic nitrogens is 2. The SMILES string of the molecule is CSc1nc(-c2cc(I)c(Br)cc2F)c(C#N)c(=O)[nH]1. The molecule has 0 radical (unpaired) electrons. The molecule has 0 unspecified atom stereocenters. The Balaban J connectivity index is 2.82. The Hall–Kier alpha value is -0.920. The summed E-state index contributed by atoms with van der Waals surface area (Å²) in [5.74, 6) is -0.543. The highest BCUT2D eigenvalue weighted by molar-refractivity contribution is 14.1. The van der Waals surface area contributed by atoms with Crippen molar-refractivity contribution in [3.05, 3.63) is 41.9 Å². The molecule has 1 aromatic carbocycles. The number of H-pyrrole nitrogens is 1. The second-order valence-corrected chi connectivity index (χ2v) is 6.47. The van der Waals surface area contributed by atoms with E-state index >= 15 is 0 Å². The van der Waals surface area contributed by atoms with E-state index in [2.05, 4.69) is 25.9 Å². The third kappa shape index (κ3) is 2.89. The second kappa shape index (κ2) is 6.24. The first kappa shape index (κ1) is 15.5. The molecule has 0 saturated carbocycles. The lowest BCUT2D eigenvalue weighted by molar-refractivity contribution is 0.629. The summed E-state index contributed by atoms with van der Waals surface area (Å²) in [6.07, 6.45) is 1.73. The predicted molar refractivity (Wildman–Crippen MR) is 87.2 cm³/mol. The van der Waals surface area contributed by atoms with Crippen LogP contribution in [0.4, 0.5) is 4.39 Å². The second-order valence-electron chi connectivity index (χ2n) is 3.66. The molecule has 0 fully saturated rings. The molecule has 1 N–H and O–H groups in total. The van der Waals surface area contributed by atoms with Crippen molar-refractivity contribution >= 4 is 50.3 Å². The summed E-state index contributed by atoms with van der Waals surface area (Å²) in [4.78, 5) is 18.4. The molecular weight excluding hydrogens is 460 g/mol. The smallest absolute Gasteiger partial charge is 0.270 e. The Morgan fingerprint density at radius 3 is 2.85 bits per heavy atom. The average molecular weight is 466 g/mol. The number of thioether (sulfide) groups is 1. The van der Waals surface area contributed by atoms with E-state index in [1.54, 1.807) is 18.4 Å². The van der Waals surface area contributed by atoms with E-state index in [0.717, 1.165) is 3.57 Å². The number of benzene rings is 1. The monoisotopic (exact) mass is 465 g/mol. The van der Waals surface area contributed by atoms with Gasteiger partial charge in [-0.2, -0.15) is 5.26 Å². The van der Waals surface area contributed by atoms with E-state index < -0.39 is 11.4 Å². The van der Waals surface area contributed by atoms with E-state index in [0.29, 0.717) is 9.63 Å². The first-order chi connectivity index (χ1) is 9.47. The summed E-state index contributed by atoms with van der Waals surface area (Å²) >= 11 is 6.47. The minimum Gasteiger partial charge on any atom is -0.300 e. The van der Waals surface area contributed by atoms with Crippen LogP contribution in [0.5, 0.6) is 0 Å². The highest BCUT2D eigenvalue weighted by atomic mass is 127. The molecule has 1 heterocycles. The lowest BCUT2D eigenvalue weighted by Gasteiger charge is -2.08. The number of nitrogens with zero attached hydrogens (tertiary/aromatic N) is 2. The zero-order valence-electron chi connectivity index (χ0n) is 10.00. The van der Waals surface area contributed by atoms with Gasteiger partial charge in [-0.25, -0.2) is 9.37 Å². The first-order valence-electron chi connectivity index (χ1n) is 5.21. The molecule has 4 nitrogen and oxygen atoms in total. The van der Waals surface area contributed by atoms with Crippen LogP contribution in [0.25, 0.3) is 11.3 Å². The van der Waals surface area contributed by atoms with E-state index in [9.17, 15) is 9.18 Å². The van der Waals surface area contributed by atoms with Crippen molar-refractivity contribution in [3.63, 3.8) is 0 Å². The molecule has 20 heavy (non-hydrogen) atoms. The van der Waals surface area contributed by atoms with Gasteiger partial charge in [0.15, 0.2) is 5.16 Å². The molecule has 0 spiro atoms. The minimum absolute atomic E-state index is 0.0588. The van der Waals surface area contributed by atoms with Crippen LogP contribution in [0.1, 0.15) is 5.56 Å². The van der Waals surface area contributed by atoms with Gasteiger partial charge in [0.2, 0.25) is 0 Å². The van der Waals surface area contributed by atoms with E-state index in [1.165, 1.54) is 17.8 Å². The van der Waals surface area contributed by atoms with Crippen molar-refractivity contribution in [3.8, 4) is 17.3 Å². The maximum absolute atomic E-state index is 14.1. The van der Waals surface area contributed by atoms with Gasteiger partial charge in [0.25, 0.3) is 5.56 Å². The fourth-order valence-electron chi connectivity index (χ4n) is 1.55. The highest BCUT2D eigenvalue weighted by Gasteiger charge is 2.17. The number of rotatable bonds is 2. The number of aromatic amines is 1. The Morgan fingerprint density at radius 1 is 1.55 bits per heavy atom. The van der Waals surface area contributed by atoms with Gasteiger partial charge < -0.3 is 4.98 Å². The predicted octanol–water partition coefficient (Wildman–Crippen LogP) is 3.54. The molecular formula is C12H6BrFIN3OS. The van der Waals surface area contributed by atoms with Gasteiger partial charge in [-0.15, -0.1) is 0 Å². The van der Waals surface area contributed by atoms with Crippen LogP contribution >= 0.6 is 50.3 Å². The van der Waals surface area contributed by atoms with Crippen LogP contribution in [0.3, 0.4) is 0 Å². The molecule has 8 heteroatoms. The quantitative estimate of drug-likeness (QED) is 0.319. The van der Waals surface area contributed by atoms with Gasteiger partial charge in [0.05, 0.1) is 5.69 Å². The van der Waals surface area contributed by atoms with Crippen LogP contribution in [0.2, 0.25) is 0 Å². The standard InChI is InChI=1S/C12H6BrFIN3OS/c1-20-12-17-10(6(4-16)11(19)18-12)5-2-9(15)7(13)3-8(5)14/h2-3H,1H3,(H,17,18,19). The van der Waals surface area contributed by atoms with Gasteiger partial charge in [-0.3, -0.25) is 4.79 Å². The van der Waals surface area contributed by atoms with Crippen LogP contribution in [-0.4, -0.2) is 16.2 Å². The molecule has 0 aliphatic carbocycles. The van der Waals surface area contributed by atoms with Crippen molar-refractivity contribution in [2.45, 2.75) is 5.16 Å². The Labute approximate surface area is 140 Å². The van der Waals surface area contributed by atoms with Crippen molar-refractivity contribution in [2.24, 2.45) is 0 Å². The summed E-state index contributed by atoms with van der Waals surface area (Å²) in [7, 11) is 0. The Bertz CT molecular complexity index is 787. The van der Waals surface area contributed by atoms with Gasteiger partial charge >= 0.3 is 0 Å². The summed E-state index contributed by atoms with van der Waals surface area (Å²) in [6.45, 7) is 0. The molecule has 2 aromatic rings.